The molecule has 3 amide bonds. The Morgan fingerprint density at radius 2 is 1.84 bits per heavy atom. The van der Waals surface area contributed by atoms with Crippen molar-refractivity contribution >= 4 is 58.3 Å². The molecular formula is C48H48FN9O5S. The number of aliphatic hydroxyl groups is 1. The van der Waals surface area contributed by atoms with Gasteiger partial charge < -0.3 is 29.9 Å². The molecule has 1 unspecified atom stereocenters. The SMILES string of the molecule is CSc1cc(Nc2ncc(F)c(N(Cc3ccccc3C#N)c3cc(CO)ccc3C)n2)ccc1N1CCN(C2CC(Oc3cccc4c3CN(C3CCC(=O)NC3=O)C4=O)C2)CC1. The maximum absolute atomic E-state index is 15.8. The second kappa shape index (κ2) is 18.3. The van der Waals surface area contributed by atoms with Crippen LogP contribution in [0.5, 0.6) is 5.75 Å². The number of halogens is 1. The summed E-state index contributed by atoms with van der Waals surface area (Å²) in [5.41, 5.74) is 6.57. The highest BCUT2D eigenvalue weighted by Gasteiger charge is 2.42. The van der Waals surface area contributed by atoms with Gasteiger partial charge >= 0.3 is 0 Å². The van der Waals surface area contributed by atoms with E-state index < -0.39 is 17.8 Å². The van der Waals surface area contributed by atoms with E-state index in [1.807, 2.05) is 61.7 Å². The van der Waals surface area contributed by atoms with Crippen molar-refractivity contribution < 1.29 is 28.6 Å². The molecule has 1 aliphatic carbocycles. The summed E-state index contributed by atoms with van der Waals surface area (Å²) in [7, 11) is 0. The molecule has 3 fully saturated rings. The average Bonchev–Trinajstić information content (AvgIpc) is 3.63. The highest BCUT2D eigenvalue weighted by atomic mass is 32.2. The average molecular weight is 882 g/mol. The highest BCUT2D eigenvalue weighted by Crippen LogP contribution is 2.39. The Morgan fingerprint density at radius 3 is 2.61 bits per heavy atom. The number of nitrogens with zero attached hydrogens (tertiary/aromatic N) is 7. The van der Waals surface area contributed by atoms with Crippen molar-refractivity contribution in [2.24, 2.45) is 0 Å². The lowest BCUT2D eigenvalue weighted by atomic mass is 9.87. The number of hydrogen-bond donors (Lipinski definition) is 3. The number of ether oxygens (including phenoxy) is 1. The van der Waals surface area contributed by atoms with Crippen LogP contribution >= 0.6 is 11.8 Å². The van der Waals surface area contributed by atoms with Crippen LogP contribution in [-0.2, 0) is 29.3 Å². The van der Waals surface area contributed by atoms with E-state index in [9.17, 15) is 24.8 Å². The number of nitrogens with one attached hydrogen (secondary N) is 2. The van der Waals surface area contributed by atoms with Crippen molar-refractivity contribution in [3.8, 4) is 11.8 Å². The number of piperazine rings is 1. The number of benzene rings is 4. The maximum Gasteiger partial charge on any atom is 0.255 e. The van der Waals surface area contributed by atoms with E-state index in [1.165, 1.54) is 0 Å². The van der Waals surface area contributed by atoms with Crippen molar-refractivity contribution in [2.45, 2.75) is 75.4 Å². The summed E-state index contributed by atoms with van der Waals surface area (Å²) in [6, 6.07) is 26.3. The number of aromatic nitrogens is 2. The van der Waals surface area contributed by atoms with Crippen molar-refractivity contribution in [3.63, 3.8) is 0 Å². The van der Waals surface area contributed by atoms with E-state index >= 15 is 4.39 Å². The number of amides is 3. The molecule has 0 radical (unpaired) electrons. The predicted octanol–water partition coefficient (Wildman–Crippen LogP) is 6.58. The third-order valence-electron chi connectivity index (χ3n) is 12.7. The van der Waals surface area contributed by atoms with Gasteiger partial charge in [-0.1, -0.05) is 36.4 Å². The standard InChI is InChI=1S/C48H48FN9O5S/c1-29-10-11-30(28-59)20-41(29)57(26-32-7-4-3-6-31(32)24-50)45-38(49)25-51-48(54-45)52-33-12-13-39(43(21-33)64-2)56-18-16-55(17-19-56)34-22-35(23-34)63-42-9-5-8-36-37(42)27-58(47(36)62)40-14-15-44(60)53-46(40)61/h3-13,20-21,25,34-35,40,59H,14-19,22-23,26-28H2,1-2H3,(H,51,52,54)(H,53,60,61). The van der Waals surface area contributed by atoms with Crippen molar-refractivity contribution in [1.29, 1.82) is 5.26 Å². The smallest absolute Gasteiger partial charge is 0.255 e. The first kappa shape index (κ1) is 42.7. The molecule has 3 N–H and O–H groups in total. The molecule has 16 heteroatoms. The Balaban J connectivity index is 0.831. The molecule has 5 aromatic rings. The molecule has 64 heavy (non-hydrogen) atoms. The van der Waals surface area contributed by atoms with Crippen molar-refractivity contribution in [3.05, 3.63) is 124 Å². The van der Waals surface area contributed by atoms with Crippen molar-refractivity contribution in [1.82, 2.24) is 25.1 Å². The second-order valence-electron chi connectivity index (χ2n) is 16.6. The molecule has 0 bridgehead atoms. The van der Waals surface area contributed by atoms with Gasteiger partial charge in [0, 0.05) is 78.9 Å². The molecule has 4 aliphatic rings. The van der Waals surface area contributed by atoms with Crippen LogP contribution < -0.4 is 25.2 Å². The van der Waals surface area contributed by atoms with E-state index in [4.69, 9.17) is 4.74 Å². The summed E-state index contributed by atoms with van der Waals surface area (Å²) in [6.07, 6.45) is 5.53. The lowest BCUT2D eigenvalue weighted by Crippen LogP contribution is -2.56. The number of hydrogen-bond acceptors (Lipinski definition) is 13. The summed E-state index contributed by atoms with van der Waals surface area (Å²) in [4.78, 5) is 55.8. The molecule has 1 aromatic heterocycles. The fraction of sp³-hybridized carbons (Fsp3) is 0.333. The Kier molecular flexibility index (Phi) is 12.2. The number of rotatable bonds is 13. The monoisotopic (exact) mass is 881 g/mol. The van der Waals surface area contributed by atoms with E-state index in [-0.39, 0.29) is 55.8 Å². The number of imide groups is 1. The minimum absolute atomic E-state index is 0.0310. The van der Waals surface area contributed by atoms with Gasteiger partial charge in [-0.05, 0) is 78.8 Å². The summed E-state index contributed by atoms with van der Waals surface area (Å²) >= 11 is 1.65. The number of piperidine rings is 1. The van der Waals surface area contributed by atoms with Crippen molar-refractivity contribution in [2.75, 3.05) is 47.6 Å². The molecule has 14 nitrogen and oxygen atoms in total. The lowest BCUT2D eigenvalue weighted by molar-refractivity contribution is -0.136. The Morgan fingerprint density at radius 1 is 1.03 bits per heavy atom. The van der Waals surface area contributed by atoms with Crippen LogP contribution in [0, 0.1) is 24.1 Å². The van der Waals surface area contributed by atoms with Gasteiger partial charge in [0.1, 0.15) is 17.9 Å². The quantitative estimate of drug-likeness (QED) is 0.0858. The molecule has 4 aromatic carbocycles. The van der Waals surface area contributed by atoms with Gasteiger partial charge in [0.2, 0.25) is 17.8 Å². The molecule has 0 spiro atoms. The molecule has 2 saturated heterocycles. The molecular weight excluding hydrogens is 834 g/mol. The van der Waals surface area contributed by atoms with Crippen LogP contribution in [0.1, 0.15) is 63.9 Å². The van der Waals surface area contributed by atoms with E-state index in [0.717, 1.165) is 72.6 Å². The van der Waals surface area contributed by atoms with Crippen LogP contribution in [0.25, 0.3) is 0 Å². The summed E-state index contributed by atoms with van der Waals surface area (Å²) < 4.78 is 22.3. The summed E-state index contributed by atoms with van der Waals surface area (Å²) in [5, 5.41) is 25.4. The fourth-order valence-electron chi connectivity index (χ4n) is 9.12. The Labute approximate surface area is 375 Å². The van der Waals surface area contributed by atoms with Gasteiger partial charge in [0.05, 0.1) is 43.2 Å². The summed E-state index contributed by atoms with van der Waals surface area (Å²) in [6.45, 7) is 5.70. The van der Waals surface area contributed by atoms with Crippen LogP contribution in [-0.4, -0.2) is 93.2 Å². The summed E-state index contributed by atoms with van der Waals surface area (Å²) in [5.74, 6) is -0.643. The number of carbonyl (C=O) groups excluding carboxylic acids is 3. The van der Waals surface area contributed by atoms with Gasteiger partial charge in [-0.15, -0.1) is 11.8 Å². The number of aliphatic hydroxyl groups excluding tert-OH is 1. The molecule has 1 atom stereocenters. The van der Waals surface area contributed by atoms with Gasteiger partial charge in [-0.3, -0.25) is 24.6 Å². The maximum atomic E-state index is 15.8. The minimum atomic E-state index is -0.666. The molecule has 1 saturated carbocycles. The number of nitriles is 1. The van der Waals surface area contributed by atoms with Crippen LogP contribution in [0.15, 0.2) is 90.0 Å². The van der Waals surface area contributed by atoms with Crippen LogP contribution in [0.4, 0.5) is 33.2 Å². The number of aryl methyl sites for hydroxylation is 1. The largest absolute Gasteiger partial charge is 0.490 e. The predicted molar refractivity (Wildman–Crippen MR) is 241 cm³/mol. The van der Waals surface area contributed by atoms with E-state index in [1.54, 1.807) is 39.8 Å². The molecule has 4 heterocycles. The first-order valence-electron chi connectivity index (χ1n) is 21.5. The third-order valence-corrected chi connectivity index (χ3v) is 13.5. The molecule has 3 aliphatic heterocycles. The zero-order valence-electron chi connectivity index (χ0n) is 35.6. The minimum Gasteiger partial charge on any atom is -0.490 e. The number of thioether (sulfide) groups is 1. The lowest BCUT2D eigenvalue weighted by Gasteiger charge is -2.46. The first-order valence-corrected chi connectivity index (χ1v) is 22.7. The van der Waals surface area contributed by atoms with Gasteiger partial charge in [-0.25, -0.2) is 9.37 Å². The Hall–Kier alpha value is -6.54. The van der Waals surface area contributed by atoms with E-state index in [2.05, 4.69) is 48.6 Å². The number of anilines is 5. The van der Waals surface area contributed by atoms with Gasteiger partial charge in [0.25, 0.3) is 5.91 Å². The zero-order valence-corrected chi connectivity index (χ0v) is 36.4. The number of fused-ring (bicyclic) bond motifs is 1. The fourth-order valence-corrected chi connectivity index (χ4v) is 9.77. The first-order chi connectivity index (χ1) is 31.1. The van der Waals surface area contributed by atoms with Crippen LogP contribution in [0.2, 0.25) is 0 Å². The second-order valence-corrected chi connectivity index (χ2v) is 17.4. The van der Waals surface area contributed by atoms with E-state index in [0.29, 0.717) is 46.2 Å². The zero-order chi connectivity index (χ0) is 44.5. The Bertz CT molecular complexity index is 2660. The normalized spacial score (nSPS) is 19.7. The number of carbonyl (C=O) groups is 3. The van der Waals surface area contributed by atoms with Gasteiger partial charge in [0.15, 0.2) is 11.6 Å². The third kappa shape index (κ3) is 8.58. The highest BCUT2D eigenvalue weighted by molar-refractivity contribution is 7.98. The topological polar surface area (TPSA) is 167 Å². The van der Waals surface area contributed by atoms with Gasteiger partial charge in [-0.2, -0.15) is 10.2 Å². The molecule has 328 valence electrons. The molecule has 9 rings (SSSR count). The van der Waals surface area contributed by atoms with Crippen LogP contribution in [0.3, 0.4) is 0 Å².